The Morgan fingerprint density at radius 2 is 1.87 bits per heavy atom. The summed E-state index contributed by atoms with van der Waals surface area (Å²) in [6.07, 6.45) is 1.61. The number of hydrogen-bond acceptors (Lipinski definition) is 6. The van der Waals surface area contributed by atoms with Crippen molar-refractivity contribution in [3.63, 3.8) is 0 Å². The summed E-state index contributed by atoms with van der Waals surface area (Å²) in [5.74, 6) is -2.81. The Labute approximate surface area is 175 Å². The first-order valence-corrected chi connectivity index (χ1v) is 9.95. The summed E-state index contributed by atoms with van der Waals surface area (Å²) in [6.45, 7) is 3.80. The molecule has 1 aliphatic rings. The lowest BCUT2D eigenvalue weighted by atomic mass is 10.0. The number of nitrogens with zero attached hydrogens (tertiary/aromatic N) is 2. The number of carbonyl (C=O) groups is 4. The second-order valence-corrected chi connectivity index (χ2v) is 7.58. The van der Waals surface area contributed by atoms with Gasteiger partial charge in [0, 0.05) is 13.1 Å². The minimum atomic E-state index is -1.07. The fraction of sp³-hybridized carbons (Fsp3) is 0.722. The summed E-state index contributed by atoms with van der Waals surface area (Å²) in [5, 5.41) is 14.3. The van der Waals surface area contributed by atoms with E-state index >= 15 is 0 Å². The summed E-state index contributed by atoms with van der Waals surface area (Å²) < 4.78 is 0. The number of guanidine groups is 1. The molecule has 30 heavy (non-hydrogen) atoms. The van der Waals surface area contributed by atoms with Crippen LogP contribution in [0.1, 0.15) is 39.5 Å². The highest BCUT2D eigenvalue weighted by Gasteiger charge is 2.34. The standard InChI is InChI=1S/C18H33N7O5/c1-10(2)14(19)16(28)24-11(5-3-7-22-18(20)21)15(27)23-9-13(26)25-8-4-6-12(25)17(29)30/h10-12,14H,3-9,19H2,1-2H3,(H,23,27)(H,24,28)(H,29,30)(H4,20,21,22). The Bertz CT molecular complexity index is 663. The van der Waals surface area contributed by atoms with E-state index in [0.29, 0.717) is 25.8 Å². The first kappa shape index (κ1) is 25.1. The van der Waals surface area contributed by atoms with E-state index in [1.54, 1.807) is 13.8 Å². The number of carboxylic acids is 1. The number of aliphatic carboxylic acids is 1. The third-order valence-electron chi connectivity index (χ3n) is 4.87. The molecule has 0 bridgehead atoms. The summed E-state index contributed by atoms with van der Waals surface area (Å²) >= 11 is 0. The van der Waals surface area contributed by atoms with Crippen molar-refractivity contribution in [3.05, 3.63) is 0 Å². The quantitative estimate of drug-likeness (QED) is 0.120. The second-order valence-electron chi connectivity index (χ2n) is 7.58. The minimum Gasteiger partial charge on any atom is -0.480 e. The van der Waals surface area contributed by atoms with Gasteiger partial charge >= 0.3 is 5.97 Å². The van der Waals surface area contributed by atoms with Crippen LogP contribution in [0.25, 0.3) is 0 Å². The lowest BCUT2D eigenvalue weighted by molar-refractivity contribution is -0.148. The van der Waals surface area contributed by atoms with E-state index in [4.69, 9.17) is 17.2 Å². The molecule has 0 spiro atoms. The van der Waals surface area contributed by atoms with Gasteiger partial charge in [0.15, 0.2) is 5.96 Å². The van der Waals surface area contributed by atoms with Crippen LogP contribution in [-0.2, 0) is 19.2 Å². The molecule has 1 rings (SSSR count). The highest BCUT2D eigenvalue weighted by molar-refractivity contribution is 5.92. The molecule has 0 saturated carbocycles. The molecule has 1 saturated heterocycles. The Morgan fingerprint density at radius 3 is 2.43 bits per heavy atom. The maximum atomic E-state index is 12.6. The molecule has 170 valence electrons. The number of aliphatic imine (C=N–C) groups is 1. The van der Waals surface area contributed by atoms with Gasteiger partial charge in [0.2, 0.25) is 17.7 Å². The Kier molecular flexibility index (Phi) is 10.0. The Balaban J connectivity index is 2.70. The molecule has 3 unspecified atom stereocenters. The predicted octanol–water partition coefficient (Wildman–Crippen LogP) is -2.30. The zero-order valence-electron chi connectivity index (χ0n) is 17.5. The van der Waals surface area contributed by atoms with Crippen LogP contribution < -0.4 is 27.8 Å². The zero-order valence-corrected chi connectivity index (χ0v) is 17.5. The molecule has 0 aromatic heterocycles. The van der Waals surface area contributed by atoms with E-state index in [9.17, 15) is 24.3 Å². The number of nitrogens with two attached hydrogens (primary N) is 3. The fourth-order valence-electron chi connectivity index (χ4n) is 3.05. The van der Waals surface area contributed by atoms with Gasteiger partial charge in [-0.2, -0.15) is 0 Å². The number of rotatable bonds is 11. The van der Waals surface area contributed by atoms with Crippen molar-refractivity contribution in [2.45, 2.75) is 57.7 Å². The monoisotopic (exact) mass is 427 g/mol. The molecule has 1 heterocycles. The molecule has 1 fully saturated rings. The molecular weight excluding hydrogens is 394 g/mol. The number of nitrogens with one attached hydrogen (secondary N) is 2. The van der Waals surface area contributed by atoms with Gasteiger partial charge < -0.3 is 37.8 Å². The highest BCUT2D eigenvalue weighted by atomic mass is 16.4. The third-order valence-corrected chi connectivity index (χ3v) is 4.87. The minimum absolute atomic E-state index is 0.0777. The zero-order chi connectivity index (χ0) is 22.8. The van der Waals surface area contributed by atoms with Crippen molar-refractivity contribution >= 4 is 29.7 Å². The smallest absolute Gasteiger partial charge is 0.326 e. The van der Waals surface area contributed by atoms with Crippen molar-refractivity contribution in [1.29, 1.82) is 0 Å². The fourth-order valence-corrected chi connectivity index (χ4v) is 3.05. The summed E-state index contributed by atoms with van der Waals surface area (Å²) in [4.78, 5) is 53.5. The van der Waals surface area contributed by atoms with Crippen molar-refractivity contribution in [1.82, 2.24) is 15.5 Å². The summed E-state index contributed by atoms with van der Waals surface area (Å²) in [6, 6.07) is -2.60. The van der Waals surface area contributed by atoms with Gasteiger partial charge in [-0.05, 0) is 31.6 Å². The van der Waals surface area contributed by atoms with E-state index in [0.717, 1.165) is 0 Å². The number of amides is 3. The van der Waals surface area contributed by atoms with Crippen LogP contribution in [-0.4, -0.2) is 77.4 Å². The normalized spacial score (nSPS) is 17.9. The number of carbonyl (C=O) groups excluding carboxylic acids is 3. The number of hydrogen-bond donors (Lipinski definition) is 6. The number of carboxylic acid groups (broad SMARTS) is 1. The largest absolute Gasteiger partial charge is 0.480 e. The van der Waals surface area contributed by atoms with Crippen molar-refractivity contribution in [2.24, 2.45) is 28.1 Å². The van der Waals surface area contributed by atoms with Crippen LogP contribution in [0.3, 0.4) is 0 Å². The lowest BCUT2D eigenvalue weighted by Crippen LogP contribution is -2.54. The van der Waals surface area contributed by atoms with Gasteiger partial charge in [-0.15, -0.1) is 0 Å². The predicted molar refractivity (Wildman–Crippen MR) is 110 cm³/mol. The van der Waals surface area contributed by atoms with Gasteiger partial charge in [0.05, 0.1) is 12.6 Å². The van der Waals surface area contributed by atoms with Crippen LogP contribution in [0.5, 0.6) is 0 Å². The van der Waals surface area contributed by atoms with Gasteiger partial charge in [0.1, 0.15) is 12.1 Å². The van der Waals surface area contributed by atoms with E-state index in [1.165, 1.54) is 4.90 Å². The van der Waals surface area contributed by atoms with E-state index in [-0.39, 0.29) is 31.4 Å². The van der Waals surface area contributed by atoms with Crippen molar-refractivity contribution in [2.75, 3.05) is 19.6 Å². The molecule has 0 aromatic rings. The highest BCUT2D eigenvalue weighted by Crippen LogP contribution is 2.17. The molecule has 3 atom stereocenters. The third kappa shape index (κ3) is 7.85. The summed E-state index contributed by atoms with van der Waals surface area (Å²) in [7, 11) is 0. The molecule has 3 amide bonds. The number of likely N-dealkylation sites (tertiary alicyclic amines) is 1. The molecule has 9 N–H and O–H groups in total. The van der Waals surface area contributed by atoms with E-state index in [2.05, 4.69) is 15.6 Å². The van der Waals surface area contributed by atoms with Crippen LogP contribution in [0.2, 0.25) is 0 Å². The molecule has 12 heteroatoms. The summed E-state index contributed by atoms with van der Waals surface area (Å²) in [5.41, 5.74) is 16.4. The molecule has 1 aliphatic heterocycles. The van der Waals surface area contributed by atoms with Gasteiger partial charge in [0.25, 0.3) is 0 Å². The van der Waals surface area contributed by atoms with Crippen LogP contribution in [0.4, 0.5) is 0 Å². The molecule has 0 aromatic carbocycles. The van der Waals surface area contributed by atoms with Crippen molar-refractivity contribution in [3.8, 4) is 0 Å². The molecule has 0 aliphatic carbocycles. The maximum Gasteiger partial charge on any atom is 0.326 e. The maximum absolute atomic E-state index is 12.6. The Hall–Kier alpha value is -2.89. The lowest BCUT2D eigenvalue weighted by Gasteiger charge is -2.24. The van der Waals surface area contributed by atoms with Crippen LogP contribution in [0, 0.1) is 5.92 Å². The molecular formula is C18H33N7O5. The van der Waals surface area contributed by atoms with Gasteiger partial charge in [-0.25, -0.2) is 4.79 Å². The first-order chi connectivity index (χ1) is 14.0. The van der Waals surface area contributed by atoms with Crippen LogP contribution >= 0.6 is 0 Å². The second kappa shape index (κ2) is 12.0. The average Bonchev–Trinajstić information content (AvgIpc) is 3.17. The van der Waals surface area contributed by atoms with E-state index in [1.807, 2.05) is 0 Å². The topological polar surface area (TPSA) is 206 Å². The van der Waals surface area contributed by atoms with Crippen molar-refractivity contribution < 1.29 is 24.3 Å². The molecule has 0 radical (unpaired) electrons. The first-order valence-electron chi connectivity index (χ1n) is 9.95. The van der Waals surface area contributed by atoms with Gasteiger partial charge in [-0.3, -0.25) is 19.4 Å². The average molecular weight is 428 g/mol. The van der Waals surface area contributed by atoms with Gasteiger partial charge in [-0.1, -0.05) is 13.8 Å². The SMILES string of the molecule is CC(C)C(N)C(=O)NC(CCCN=C(N)N)C(=O)NCC(=O)N1CCCC1C(=O)O. The van der Waals surface area contributed by atoms with Crippen LogP contribution in [0.15, 0.2) is 4.99 Å². The Morgan fingerprint density at radius 1 is 1.20 bits per heavy atom. The van der Waals surface area contributed by atoms with E-state index < -0.39 is 41.8 Å². The molecule has 12 nitrogen and oxygen atoms in total.